The lowest BCUT2D eigenvalue weighted by molar-refractivity contribution is -0.118. The van der Waals surface area contributed by atoms with Gasteiger partial charge in [0.25, 0.3) is 11.5 Å². The van der Waals surface area contributed by atoms with Crippen LogP contribution in [-0.4, -0.2) is 61.1 Å². The van der Waals surface area contributed by atoms with E-state index in [0.29, 0.717) is 24.5 Å². The fraction of sp³-hybridized carbons (Fsp3) is 0.333. The Labute approximate surface area is 218 Å². The summed E-state index contributed by atoms with van der Waals surface area (Å²) in [7, 11) is 1.76. The number of amides is 2. The van der Waals surface area contributed by atoms with Crippen LogP contribution in [-0.2, 0) is 11.8 Å². The number of hydrogen-bond donors (Lipinski definition) is 1. The second kappa shape index (κ2) is 9.40. The molecular weight excluding hydrogens is 484 g/mol. The Morgan fingerprint density at radius 1 is 1.11 bits per heavy atom. The summed E-state index contributed by atoms with van der Waals surface area (Å²) in [6.07, 6.45) is 6.87. The molecule has 38 heavy (non-hydrogen) atoms. The van der Waals surface area contributed by atoms with Crippen molar-refractivity contribution in [3.8, 4) is 5.69 Å². The molecule has 3 aromatic heterocycles. The van der Waals surface area contributed by atoms with E-state index >= 15 is 0 Å². The Bertz CT molecular complexity index is 1610. The maximum Gasteiger partial charge on any atom is 0.284 e. The fourth-order valence-electron chi connectivity index (χ4n) is 4.97. The molecule has 1 unspecified atom stereocenters. The average Bonchev–Trinajstić information content (AvgIpc) is 3.46. The van der Waals surface area contributed by atoms with Gasteiger partial charge >= 0.3 is 0 Å². The topological polar surface area (TPSA) is 119 Å². The van der Waals surface area contributed by atoms with Crippen LogP contribution < -0.4 is 15.8 Å². The molecule has 6 rings (SSSR count). The lowest BCUT2D eigenvalue weighted by atomic mass is 10.0. The molecule has 0 spiro atoms. The number of hydrogen-bond acceptors (Lipinski definition) is 6. The predicted octanol–water partition coefficient (Wildman–Crippen LogP) is 1.77. The van der Waals surface area contributed by atoms with Crippen LogP contribution in [0.2, 0.25) is 0 Å². The number of benzene rings is 1. The molecule has 4 heterocycles. The Hall–Kier alpha value is -4.54. The van der Waals surface area contributed by atoms with Crippen LogP contribution >= 0.6 is 0 Å². The maximum absolute atomic E-state index is 13.5. The molecular formula is C27H28N8O3. The van der Waals surface area contributed by atoms with Crippen LogP contribution in [0.3, 0.4) is 0 Å². The molecule has 1 saturated carbocycles. The highest BCUT2D eigenvalue weighted by Gasteiger charge is 2.36. The molecule has 4 aromatic rings. The molecule has 11 heteroatoms. The fourth-order valence-corrected chi connectivity index (χ4v) is 4.97. The number of carbonyl (C=O) groups is 2. The maximum atomic E-state index is 13.5. The van der Waals surface area contributed by atoms with Gasteiger partial charge in [-0.1, -0.05) is 18.2 Å². The lowest BCUT2D eigenvalue weighted by Crippen LogP contribution is -2.43. The minimum absolute atomic E-state index is 0.0190. The number of nitrogens with zero attached hydrogens (tertiary/aromatic N) is 7. The lowest BCUT2D eigenvalue weighted by Gasteiger charge is -2.18. The van der Waals surface area contributed by atoms with Gasteiger partial charge in [0, 0.05) is 50.6 Å². The van der Waals surface area contributed by atoms with Gasteiger partial charge in [0.05, 0.1) is 17.4 Å². The van der Waals surface area contributed by atoms with E-state index < -0.39 is 5.91 Å². The van der Waals surface area contributed by atoms with E-state index in [9.17, 15) is 14.4 Å². The van der Waals surface area contributed by atoms with Crippen molar-refractivity contribution in [2.24, 2.45) is 23.9 Å². The molecule has 0 bridgehead atoms. The number of aliphatic imine (C=N–C) groups is 1. The van der Waals surface area contributed by atoms with Gasteiger partial charge in [0.2, 0.25) is 5.91 Å². The van der Waals surface area contributed by atoms with Crippen molar-refractivity contribution < 1.29 is 9.59 Å². The number of imidazole rings is 1. The normalized spacial score (nSPS) is 19.5. The van der Waals surface area contributed by atoms with Crippen molar-refractivity contribution >= 4 is 29.5 Å². The third-order valence-corrected chi connectivity index (χ3v) is 7.35. The molecule has 1 aliphatic carbocycles. The Morgan fingerprint density at radius 3 is 2.66 bits per heavy atom. The monoisotopic (exact) mass is 512 g/mol. The third-order valence-electron chi connectivity index (χ3n) is 7.35. The van der Waals surface area contributed by atoms with E-state index in [1.807, 2.05) is 47.4 Å². The van der Waals surface area contributed by atoms with Crippen LogP contribution in [0.4, 0.5) is 5.82 Å². The van der Waals surface area contributed by atoms with E-state index in [4.69, 9.17) is 0 Å². The molecule has 1 saturated heterocycles. The quantitative estimate of drug-likeness (QED) is 0.394. The highest BCUT2D eigenvalue weighted by molar-refractivity contribution is 5.96. The number of anilines is 1. The number of carbonyl (C=O) groups excluding carboxylic acids is 2. The summed E-state index contributed by atoms with van der Waals surface area (Å²) in [6.45, 7) is 2.72. The zero-order valence-electron chi connectivity index (χ0n) is 21.2. The van der Waals surface area contributed by atoms with Crippen molar-refractivity contribution in [3.05, 3.63) is 76.5 Å². The van der Waals surface area contributed by atoms with E-state index in [0.717, 1.165) is 24.3 Å². The minimum atomic E-state index is -0.449. The molecule has 2 aliphatic rings. The van der Waals surface area contributed by atoms with E-state index in [1.165, 1.54) is 4.68 Å². The average molecular weight is 513 g/mol. The van der Waals surface area contributed by atoms with Gasteiger partial charge in [-0.25, -0.2) is 19.2 Å². The van der Waals surface area contributed by atoms with Crippen LogP contribution in [0, 0.1) is 18.8 Å². The summed E-state index contributed by atoms with van der Waals surface area (Å²) in [5.41, 5.74) is 1.69. The zero-order chi connectivity index (χ0) is 26.4. The Balaban J connectivity index is 1.28. The van der Waals surface area contributed by atoms with Crippen molar-refractivity contribution in [1.82, 2.24) is 29.3 Å². The molecule has 11 nitrogen and oxygen atoms in total. The summed E-state index contributed by atoms with van der Waals surface area (Å²) in [5.74, 6) is -0.0555. The number of nitrogens with one attached hydrogen (secondary N) is 1. The van der Waals surface area contributed by atoms with Crippen molar-refractivity contribution in [3.63, 3.8) is 0 Å². The van der Waals surface area contributed by atoms with Crippen LogP contribution in [0.1, 0.15) is 28.9 Å². The molecule has 2 amide bonds. The van der Waals surface area contributed by atoms with Crippen LogP contribution in [0.15, 0.2) is 64.6 Å². The standard InChI is InChI=1S/C27H28N8O3/c1-17-24(27(38)35(32(17)2)20-6-4-3-5-7-20)26(37)30-21-16-33(15-19(21)14-29-25(36)18-8-9-18)23-11-10-22-28-12-13-34(22)31-23/h3-7,10-14,18-19,21H,8-9,15-16H2,1-2H3,(H,30,37)/t19?,21-/m1/s1. The number of aromatic nitrogens is 5. The molecule has 194 valence electrons. The highest BCUT2D eigenvalue weighted by atomic mass is 16.2. The first kappa shape index (κ1) is 23.8. The summed E-state index contributed by atoms with van der Waals surface area (Å²) >= 11 is 0. The molecule has 0 radical (unpaired) electrons. The minimum Gasteiger partial charge on any atom is -0.352 e. The van der Waals surface area contributed by atoms with Gasteiger partial charge in [-0.2, -0.15) is 0 Å². The van der Waals surface area contributed by atoms with Crippen molar-refractivity contribution in [2.75, 3.05) is 18.0 Å². The van der Waals surface area contributed by atoms with E-state index in [1.54, 1.807) is 41.8 Å². The van der Waals surface area contributed by atoms with Gasteiger partial charge in [0.15, 0.2) is 5.65 Å². The number of fused-ring (bicyclic) bond motifs is 1. The summed E-state index contributed by atoms with van der Waals surface area (Å²) < 4.78 is 4.87. The second-order valence-electron chi connectivity index (χ2n) is 9.90. The van der Waals surface area contributed by atoms with Gasteiger partial charge in [-0.15, -0.1) is 5.10 Å². The molecule has 1 aromatic carbocycles. The smallest absolute Gasteiger partial charge is 0.284 e. The summed E-state index contributed by atoms with van der Waals surface area (Å²) in [5, 5.41) is 7.70. The Kier molecular flexibility index (Phi) is 5.90. The van der Waals surface area contributed by atoms with Gasteiger partial charge in [0.1, 0.15) is 11.4 Å². The summed E-state index contributed by atoms with van der Waals surface area (Å²) in [6, 6.07) is 12.6. The van der Waals surface area contributed by atoms with Gasteiger partial charge in [-0.05, 0) is 44.0 Å². The third kappa shape index (κ3) is 4.29. The summed E-state index contributed by atoms with van der Waals surface area (Å²) in [4.78, 5) is 49.7. The first-order valence-electron chi connectivity index (χ1n) is 12.7. The molecule has 1 aliphatic heterocycles. The second-order valence-corrected chi connectivity index (χ2v) is 9.90. The van der Waals surface area contributed by atoms with E-state index in [2.05, 4.69) is 20.4 Å². The molecule has 2 atom stereocenters. The molecule has 2 fully saturated rings. The number of para-hydroxylation sites is 1. The number of rotatable bonds is 6. The zero-order valence-corrected chi connectivity index (χ0v) is 21.2. The highest BCUT2D eigenvalue weighted by Crippen LogP contribution is 2.30. The van der Waals surface area contributed by atoms with E-state index in [-0.39, 0.29) is 34.9 Å². The van der Waals surface area contributed by atoms with Gasteiger partial charge < -0.3 is 10.2 Å². The predicted molar refractivity (Wildman–Crippen MR) is 142 cm³/mol. The Morgan fingerprint density at radius 2 is 1.89 bits per heavy atom. The first-order chi connectivity index (χ1) is 18.4. The largest absolute Gasteiger partial charge is 0.352 e. The van der Waals surface area contributed by atoms with Crippen molar-refractivity contribution in [1.29, 1.82) is 0 Å². The first-order valence-corrected chi connectivity index (χ1v) is 12.7. The SMILES string of the molecule is Cc1c(C(=O)N[C@@H]2CN(c3ccc4nccn4n3)CC2C=NC(=O)C2CC2)c(=O)n(-c2ccccc2)n1C. The van der Waals surface area contributed by atoms with Crippen LogP contribution in [0.25, 0.3) is 11.3 Å². The van der Waals surface area contributed by atoms with Crippen molar-refractivity contribution in [2.45, 2.75) is 25.8 Å². The van der Waals surface area contributed by atoms with Gasteiger partial charge in [-0.3, -0.25) is 19.1 Å². The molecule has 1 N–H and O–H groups in total. The van der Waals surface area contributed by atoms with Crippen LogP contribution in [0.5, 0.6) is 0 Å².